The summed E-state index contributed by atoms with van der Waals surface area (Å²) in [6.07, 6.45) is 7.48. The number of hydrogen-bond donors (Lipinski definition) is 2. The largest absolute Gasteiger partial charge is 0.493 e. The molecule has 1 aromatic carbocycles. The number of aliphatic hydroxyl groups excluding tert-OH is 1. The first-order valence-electron chi connectivity index (χ1n) is 7.41. The Morgan fingerprint density at radius 1 is 1.23 bits per heavy atom. The molecule has 1 aliphatic rings. The maximum Gasteiger partial charge on any atom is 0.354 e. The maximum atomic E-state index is 11.7. The fourth-order valence-electron chi connectivity index (χ4n) is 1.98. The minimum Gasteiger partial charge on any atom is -0.493 e. The van der Waals surface area contributed by atoms with Gasteiger partial charge in [-0.15, -0.1) is 0 Å². The third-order valence-electron chi connectivity index (χ3n) is 3.15. The summed E-state index contributed by atoms with van der Waals surface area (Å²) >= 11 is 0. The highest BCUT2D eigenvalue weighted by Gasteiger charge is 2.10. The van der Waals surface area contributed by atoms with Crippen LogP contribution in [0, 0.1) is 0 Å². The lowest BCUT2D eigenvalue weighted by molar-refractivity contribution is -0.139. The van der Waals surface area contributed by atoms with Gasteiger partial charge in [-0.25, -0.2) is 4.79 Å². The highest BCUT2D eigenvalue weighted by molar-refractivity contribution is 5.88. The van der Waals surface area contributed by atoms with E-state index in [2.05, 4.69) is 5.32 Å². The van der Waals surface area contributed by atoms with Crippen molar-refractivity contribution in [3.8, 4) is 5.75 Å². The van der Waals surface area contributed by atoms with Crippen molar-refractivity contribution in [1.82, 2.24) is 5.32 Å². The van der Waals surface area contributed by atoms with Gasteiger partial charge in [-0.2, -0.15) is 0 Å². The zero-order chi connectivity index (χ0) is 15.6. The van der Waals surface area contributed by atoms with E-state index in [0.717, 1.165) is 17.7 Å². The zero-order valence-corrected chi connectivity index (χ0v) is 12.5. The average Bonchev–Trinajstić information content (AvgIpc) is 2.57. The molecule has 22 heavy (non-hydrogen) atoms. The Hall–Kier alpha value is -2.27. The standard InChI is InChI=1S/C17H21NO4/c19-11-9-14-5-7-15(8-6-14)21-12-3-13-22-17(20)16-4-1-2-10-18-16/h2,4-8,10,18-19H,1,3,9,11-13H2. The van der Waals surface area contributed by atoms with Gasteiger partial charge in [-0.1, -0.05) is 18.2 Å². The van der Waals surface area contributed by atoms with Crippen LogP contribution in [0.2, 0.25) is 0 Å². The Labute approximate surface area is 130 Å². The summed E-state index contributed by atoms with van der Waals surface area (Å²) in [5, 5.41) is 11.7. The van der Waals surface area contributed by atoms with E-state index in [-0.39, 0.29) is 12.6 Å². The number of dihydropyridines is 1. The topological polar surface area (TPSA) is 67.8 Å². The monoisotopic (exact) mass is 303 g/mol. The van der Waals surface area contributed by atoms with E-state index >= 15 is 0 Å². The first-order chi connectivity index (χ1) is 10.8. The molecule has 1 heterocycles. The number of allylic oxidation sites excluding steroid dienone is 2. The predicted molar refractivity (Wildman–Crippen MR) is 83.3 cm³/mol. The third-order valence-corrected chi connectivity index (χ3v) is 3.15. The summed E-state index contributed by atoms with van der Waals surface area (Å²) in [6.45, 7) is 0.954. The fourth-order valence-corrected chi connectivity index (χ4v) is 1.98. The zero-order valence-electron chi connectivity index (χ0n) is 12.5. The van der Waals surface area contributed by atoms with Gasteiger partial charge in [-0.05, 0) is 42.8 Å². The van der Waals surface area contributed by atoms with Gasteiger partial charge in [0.05, 0.1) is 13.2 Å². The van der Waals surface area contributed by atoms with E-state index in [1.54, 1.807) is 12.3 Å². The lowest BCUT2D eigenvalue weighted by atomic mass is 10.1. The molecule has 1 aliphatic heterocycles. The van der Waals surface area contributed by atoms with Crippen LogP contribution in [0.5, 0.6) is 5.75 Å². The second kappa shape index (κ2) is 8.89. The third kappa shape index (κ3) is 5.26. The molecule has 0 radical (unpaired) electrons. The molecule has 0 spiro atoms. The number of hydrogen-bond acceptors (Lipinski definition) is 5. The quantitative estimate of drug-likeness (QED) is 0.567. The number of carbonyl (C=O) groups excluding carboxylic acids is 1. The van der Waals surface area contributed by atoms with E-state index in [0.29, 0.717) is 31.8 Å². The van der Waals surface area contributed by atoms with Gasteiger partial charge in [0.1, 0.15) is 11.4 Å². The van der Waals surface area contributed by atoms with Crippen molar-refractivity contribution in [2.24, 2.45) is 0 Å². The summed E-state index contributed by atoms with van der Waals surface area (Å²) in [5.41, 5.74) is 1.56. The van der Waals surface area contributed by atoms with Crippen LogP contribution in [0.1, 0.15) is 18.4 Å². The molecular weight excluding hydrogens is 282 g/mol. The average molecular weight is 303 g/mol. The van der Waals surface area contributed by atoms with Crippen LogP contribution in [0.3, 0.4) is 0 Å². The fraction of sp³-hybridized carbons (Fsp3) is 0.353. The molecule has 0 bridgehead atoms. The second-order valence-corrected chi connectivity index (χ2v) is 4.86. The molecule has 1 aromatic rings. The Bertz CT molecular complexity index is 534. The van der Waals surface area contributed by atoms with Gasteiger partial charge in [0.2, 0.25) is 0 Å². The van der Waals surface area contributed by atoms with E-state index in [1.807, 2.05) is 30.3 Å². The molecule has 118 valence electrons. The first kappa shape index (κ1) is 16.1. The van der Waals surface area contributed by atoms with Crippen LogP contribution in [0.4, 0.5) is 0 Å². The Morgan fingerprint density at radius 3 is 2.73 bits per heavy atom. The van der Waals surface area contributed by atoms with Crippen molar-refractivity contribution in [2.45, 2.75) is 19.3 Å². The van der Waals surface area contributed by atoms with Crippen molar-refractivity contribution >= 4 is 5.97 Å². The van der Waals surface area contributed by atoms with Crippen molar-refractivity contribution in [3.05, 3.63) is 53.9 Å². The number of carbonyl (C=O) groups is 1. The Morgan fingerprint density at radius 2 is 2.05 bits per heavy atom. The summed E-state index contributed by atoms with van der Waals surface area (Å²) in [6, 6.07) is 7.61. The molecule has 2 rings (SSSR count). The minimum absolute atomic E-state index is 0.145. The minimum atomic E-state index is -0.335. The van der Waals surface area contributed by atoms with E-state index < -0.39 is 0 Å². The lowest BCUT2D eigenvalue weighted by Crippen LogP contribution is -2.20. The molecule has 0 saturated heterocycles. The van der Waals surface area contributed by atoms with Gasteiger partial charge in [0.15, 0.2) is 0 Å². The number of aliphatic hydroxyl groups is 1. The smallest absolute Gasteiger partial charge is 0.354 e. The Kier molecular flexibility index (Phi) is 6.51. The van der Waals surface area contributed by atoms with Crippen LogP contribution in [-0.4, -0.2) is 30.9 Å². The lowest BCUT2D eigenvalue weighted by Gasteiger charge is -2.11. The number of benzene rings is 1. The van der Waals surface area contributed by atoms with Gasteiger partial charge in [0, 0.05) is 13.0 Å². The van der Waals surface area contributed by atoms with Crippen molar-refractivity contribution < 1.29 is 19.4 Å². The summed E-state index contributed by atoms with van der Waals surface area (Å²) in [5.74, 6) is 0.438. The van der Waals surface area contributed by atoms with Gasteiger partial charge in [0.25, 0.3) is 0 Å². The van der Waals surface area contributed by atoms with Gasteiger partial charge < -0.3 is 19.9 Å². The van der Waals surface area contributed by atoms with Crippen LogP contribution in [0.15, 0.2) is 48.3 Å². The summed E-state index contributed by atoms with van der Waals surface area (Å²) in [4.78, 5) is 11.7. The van der Waals surface area contributed by atoms with E-state index in [9.17, 15) is 4.79 Å². The van der Waals surface area contributed by atoms with Crippen molar-refractivity contribution in [1.29, 1.82) is 0 Å². The molecular formula is C17H21NO4. The van der Waals surface area contributed by atoms with Gasteiger partial charge in [-0.3, -0.25) is 0 Å². The van der Waals surface area contributed by atoms with E-state index in [1.165, 1.54) is 0 Å². The molecule has 0 unspecified atom stereocenters. The van der Waals surface area contributed by atoms with Gasteiger partial charge >= 0.3 is 5.97 Å². The van der Waals surface area contributed by atoms with Crippen LogP contribution >= 0.6 is 0 Å². The van der Waals surface area contributed by atoms with Crippen molar-refractivity contribution in [3.63, 3.8) is 0 Å². The Balaban J connectivity index is 1.60. The van der Waals surface area contributed by atoms with Crippen LogP contribution in [0.25, 0.3) is 0 Å². The van der Waals surface area contributed by atoms with Crippen LogP contribution in [-0.2, 0) is 16.0 Å². The predicted octanol–water partition coefficient (Wildman–Crippen LogP) is 1.92. The number of ether oxygens (including phenoxy) is 2. The molecule has 0 amide bonds. The second-order valence-electron chi connectivity index (χ2n) is 4.86. The normalized spacial score (nSPS) is 13.2. The number of rotatable bonds is 8. The van der Waals surface area contributed by atoms with Crippen LogP contribution < -0.4 is 10.1 Å². The molecule has 2 N–H and O–H groups in total. The molecule has 0 aromatic heterocycles. The molecule has 0 atom stereocenters. The number of nitrogens with one attached hydrogen (secondary N) is 1. The molecule has 0 aliphatic carbocycles. The SMILES string of the molecule is O=C(OCCCOc1ccc(CCO)cc1)C1=CCC=CN1. The summed E-state index contributed by atoms with van der Waals surface area (Å²) in [7, 11) is 0. The maximum absolute atomic E-state index is 11.7. The highest BCUT2D eigenvalue weighted by atomic mass is 16.5. The molecule has 0 fully saturated rings. The summed E-state index contributed by atoms with van der Waals surface area (Å²) < 4.78 is 10.7. The molecule has 0 saturated carbocycles. The molecule has 5 nitrogen and oxygen atoms in total. The first-order valence-corrected chi connectivity index (χ1v) is 7.41. The van der Waals surface area contributed by atoms with E-state index in [4.69, 9.17) is 14.6 Å². The van der Waals surface area contributed by atoms with Crippen molar-refractivity contribution in [2.75, 3.05) is 19.8 Å². The highest BCUT2D eigenvalue weighted by Crippen LogP contribution is 2.12. The number of esters is 1. The molecule has 5 heteroatoms.